The zero-order chi connectivity index (χ0) is 16.6. The maximum Gasteiger partial charge on any atom is 0.363 e. The van der Waals surface area contributed by atoms with Gasteiger partial charge in [0.15, 0.2) is 9.46 Å². The SMILES string of the molecule is Cc1ccc(C2=N/C(=C\c3ccc(I)o3)C(=O)O2)cc1[N+](=O)[O-]. The van der Waals surface area contributed by atoms with Gasteiger partial charge in [-0.2, -0.15) is 0 Å². The van der Waals surface area contributed by atoms with Gasteiger partial charge in [-0.1, -0.05) is 6.07 Å². The van der Waals surface area contributed by atoms with Gasteiger partial charge in [-0.15, -0.1) is 0 Å². The van der Waals surface area contributed by atoms with E-state index in [1.165, 1.54) is 12.1 Å². The maximum absolute atomic E-state index is 11.9. The van der Waals surface area contributed by atoms with Gasteiger partial charge in [-0.3, -0.25) is 10.1 Å². The number of hydrogen-bond donors (Lipinski definition) is 0. The van der Waals surface area contributed by atoms with Crippen molar-refractivity contribution >= 4 is 46.2 Å². The number of esters is 1. The third-order valence-electron chi connectivity index (χ3n) is 3.15. The summed E-state index contributed by atoms with van der Waals surface area (Å²) in [6, 6.07) is 7.99. The smallest absolute Gasteiger partial charge is 0.363 e. The van der Waals surface area contributed by atoms with Crippen LogP contribution in [-0.2, 0) is 9.53 Å². The van der Waals surface area contributed by atoms with E-state index in [1.807, 2.05) is 22.6 Å². The minimum absolute atomic E-state index is 0.0330. The van der Waals surface area contributed by atoms with Gasteiger partial charge in [-0.05, 0) is 47.7 Å². The van der Waals surface area contributed by atoms with Crippen LogP contribution in [0.1, 0.15) is 16.9 Å². The Morgan fingerprint density at radius 1 is 1.30 bits per heavy atom. The number of benzene rings is 1. The van der Waals surface area contributed by atoms with E-state index in [9.17, 15) is 14.9 Å². The number of halogens is 1. The molecule has 0 unspecified atom stereocenters. The first-order valence-corrected chi connectivity index (χ1v) is 7.55. The fourth-order valence-corrected chi connectivity index (χ4v) is 2.45. The minimum Gasteiger partial charge on any atom is -0.451 e. The fraction of sp³-hybridized carbons (Fsp3) is 0.0667. The zero-order valence-corrected chi connectivity index (χ0v) is 13.9. The molecule has 2 heterocycles. The van der Waals surface area contributed by atoms with Gasteiger partial charge in [-0.25, -0.2) is 9.79 Å². The van der Waals surface area contributed by atoms with Crippen molar-refractivity contribution in [3.63, 3.8) is 0 Å². The number of nitrogens with zero attached hydrogens (tertiary/aromatic N) is 2. The van der Waals surface area contributed by atoms with Crippen LogP contribution in [-0.4, -0.2) is 16.8 Å². The molecule has 3 rings (SSSR count). The molecule has 0 N–H and O–H groups in total. The molecule has 0 fully saturated rings. The molecule has 0 bridgehead atoms. The van der Waals surface area contributed by atoms with Crippen LogP contribution in [0.5, 0.6) is 0 Å². The normalized spacial score (nSPS) is 15.7. The summed E-state index contributed by atoms with van der Waals surface area (Å²) in [6.45, 7) is 1.63. The van der Waals surface area contributed by atoms with Crippen molar-refractivity contribution in [1.82, 2.24) is 0 Å². The summed E-state index contributed by atoms with van der Waals surface area (Å²) in [4.78, 5) is 26.5. The molecule has 1 aliphatic heterocycles. The van der Waals surface area contributed by atoms with Crippen molar-refractivity contribution in [2.24, 2.45) is 4.99 Å². The van der Waals surface area contributed by atoms with E-state index < -0.39 is 10.9 Å². The average molecular weight is 424 g/mol. The summed E-state index contributed by atoms with van der Waals surface area (Å²) in [5.74, 6) is -0.124. The topological polar surface area (TPSA) is 94.9 Å². The molecular weight excluding hydrogens is 415 g/mol. The van der Waals surface area contributed by atoms with Gasteiger partial charge in [0.05, 0.1) is 4.92 Å². The van der Waals surface area contributed by atoms with Crippen LogP contribution in [0.15, 0.2) is 45.4 Å². The Labute approximate surface area is 143 Å². The van der Waals surface area contributed by atoms with Gasteiger partial charge >= 0.3 is 5.97 Å². The van der Waals surface area contributed by atoms with Crippen molar-refractivity contribution in [3.05, 3.63) is 66.8 Å². The lowest BCUT2D eigenvalue weighted by Gasteiger charge is -2.01. The van der Waals surface area contributed by atoms with E-state index in [4.69, 9.17) is 9.15 Å². The van der Waals surface area contributed by atoms with E-state index in [-0.39, 0.29) is 17.3 Å². The molecule has 0 spiro atoms. The number of nitro benzene ring substituents is 1. The Balaban J connectivity index is 1.97. The van der Waals surface area contributed by atoms with Crippen LogP contribution < -0.4 is 0 Å². The van der Waals surface area contributed by atoms with Gasteiger partial charge < -0.3 is 9.15 Å². The van der Waals surface area contributed by atoms with Crippen LogP contribution >= 0.6 is 22.6 Å². The number of furan rings is 1. The Morgan fingerprint density at radius 2 is 2.09 bits per heavy atom. The van der Waals surface area contributed by atoms with E-state index in [0.717, 1.165) is 0 Å². The first-order chi connectivity index (χ1) is 10.9. The summed E-state index contributed by atoms with van der Waals surface area (Å²) < 4.78 is 11.1. The largest absolute Gasteiger partial charge is 0.451 e. The molecule has 0 radical (unpaired) electrons. The summed E-state index contributed by atoms with van der Waals surface area (Å²) in [7, 11) is 0. The number of rotatable bonds is 3. The average Bonchev–Trinajstić information content (AvgIpc) is 3.06. The van der Waals surface area contributed by atoms with Crippen molar-refractivity contribution in [2.45, 2.75) is 6.92 Å². The predicted octanol–water partition coefficient (Wildman–Crippen LogP) is 3.45. The number of hydrogen-bond acceptors (Lipinski definition) is 6. The second kappa shape index (κ2) is 5.95. The maximum atomic E-state index is 11.9. The highest BCUT2D eigenvalue weighted by molar-refractivity contribution is 14.1. The number of aryl methyl sites for hydroxylation is 1. The van der Waals surface area contributed by atoms with Crippen molar-refractivity contribution < 1.29 is 18.9 Å². The van der Waals surface area contributed by atoms with Crippen molar-refractivity contribution in [1.29, 1.82) is 0 Å². The third-order valence-corrected chi connectivity index (χ3v) is 3.73. The van der Waals surface area contributed by atoms with E-state index in [1.54, 1.807) is 31.2 Å². The Hall–Kier alpha value is -2.49. The molecule has 0 saturated heterocycles. The first-order valence-electron chi connectivity index (χ1n) is 6.47. The van der Waals surface area contributed by atoms with Crippen LogP contribution in [0.3, 0.4) is 0 Å². The monoisotopic (exact) mass is 424 g/mol. The molecular formula is C15H9IN2O5. The quantitative estimate of drug-likeness (QED) is 0.247. The lowest BCUT2D eigenvalue weighted by atomic mass is 10.1. The van der Waals surface area contributed by atoms with E-state index >= 15 is 0 Å². The highest BCUT2D eigenvalue weighted by Crippen LogP contribution is 2.24. The van der Waals surface area contributed by atoms with Gasteiger partial charge in [0.25, 0.3) is 5.69 Å². The summed E-state index contributed by atoms with van der Waals surface area (Å²) >= 11 is 2.01. The van der Waals surface area contributed by atoms with Crippen LogP contribution in [0.2, 0.25) is 0 Å². The Kier molecular flexibility index (Phi) is 3.99. The van der Waals surface area contributed by atoms with Gasteiger partial charge in [0.2, 0.25) is 5.90 Å². The molecule has 0 saturated carbocycles. The Morgan fingerprint density at radius 3 is 2.74 bits per heavy atom. The predicted molar refractivity (Wildman–Crippen MR) is 89.9 cm³/mol. The lowest BCUT2D eigenvalue weighted by molar-refractivity contribution is -0.385. The molecule has 8 heteroatoms. The molecule has 7 nitrogen and oxygen atoms in total. The fourth-order valence-electron chi connectivity index (χ4n) is 2.01. The number of aliphatic imine (C=N–C) groups is 1. The standard InChI is InChI=1S/C15H9IN2O5/c1-8-2-3-9(6-12(8)18(20)21)14-17-11(15(19)23-14)7-10-4-5-13(16)22-10/h2-7H,1H3/b11-7-. The van der Waals surface area contributed by atoms with Crippen molar-refractivity contribution in [2.75, 3.05) is 0 Å². The molecule has 1 aromatic carbocycles. The van der Waals surface area contributed by atoms with Gasteiger partial charge in [0, 0.05) is 23.3 Å². The van der Waals surface area contributed by atoms with Crippen LogP contribution in [0.4, 0.5) is 5.69 Å². The second-order valence-electron chi connectivity index (χ2n) is 4.74. The van der Waals surface area contributed by atoms with E-state index in [0.29, 0.717) is 20.7 Å². The molecule has 116 valence electrons. The first kappa shape index (κ1) is 15.4. The summed E-state index contributed by atoms with van der Waals surface area (Å²) in [5, 5.41) is 11.0. The van der Waals surface area contributed by atoms with Crippen LogP contribution in [0.25, 0.3) is 6.08 Å². The summed E-state index contributed by atoms with van der Waals surface area (Å²) in [6.07, 6.45) is 1.46. The van der Waals surface area contributed by atoms with E-state index in [2.05, 4.69) is 4.99 Å². The summed E-state index contributed by atoms with van der Waals surface area (Å²) in [5.41, 5.74) is 0.908. The molecule has 0 atom stereocenters. The number of nitro groups is 1. The highest BCUT2D eigenvalue weighted by atomic mass is 127. The zero-order valence-electron chi connectivity index (χ0n) is 11.8. The molecule has 2 aromatic rings. The van der Waals surface area contributed by atoms with Crippen LogP contribution in [0, 0.1) is 20.8 Å². The molecule has 23 heavy (non-hydrogen) atoms. The Bertz CT molecular complexity index is 882. The number of carbonyl (C=O) groups excluding carboxylic acids is 1. The third kappa shape index (κ3) is 3.16. The second-order valence-corrected chi connectivity index (χ2v) is 5.80. The highest BCUT2D eigenvalue weighted by Gasteiger charge is 2.26. The molecule has 0 amide bonds. The van der Waals surface area contributed by atoms with Gasteiger partial charge in [0.1, 0.15) is 5.76 Å². The number of ether oxygens (including phenoxy) is 1. The molecule has 1 aliphatic rings. The number of cyclic esters (lactones) is 1. The molecule has 0 aliphatic carbocycles. The number of carbonyl (C=O) groups is 1. The minimum atomic E-state index is -0.630. The van der Waals surface area contributed by atoms with Crippen molar-refractivity contribution in [3.8, 4) is 0 Å². The molecule has 1 aromatic heterocycles. The lowest BCUT2D eigenvalue weighted by Crippen LogP contribution is -2.06.